The quantitative estimate of drug-likeness (QED) is 0.722. The van der Waals surface area contributed by atoms with Crippen molar-refractivity contribution in [3.8, 4) is 0 Å². The minimum Gasteiger partial charge on any atom is -0.389 e. The highest BCUT2D eigenvalue weighted by Gasteiger charge is 2.20. The summed E-state index contributed by atoms with van der Waals surface area (Å²) >= 11 is 0. The highest BCUT2D eigenvalue weighted by atomic mass is 16.3. The first-order valence-electron chi connectivity index (χ1n) is 6.73. The minimum absolute atomic E-state index is 0.538. The van der Waals surface area contributed by atoms with Crippen molar-refractivity contribution in [2.24, 2.45) is 5.92 Å². The van der Waals surface area contributed by atoms with Gasteiger partial charge in [-0.2, -0.15) is 0 Å². The van der Waals surface area contributed by atoms with Crippen LogP contribution in [0.3, 0.4) is 0 Å². The molecule has 1 atom stereocenters. The van der Waals surface area contributed by atoms with Crippen LogP contribution in [0.5, 0.6) is 0 Å². The third-order valence-electron chi connectivity index (χ3n) is 3.85. The Kier molecular flexibility index (Phi) is 5.73. The van der Waals surface area contributed by atoms with Gasteiger partial charge in [0, 0.05) is 6.54 Å². The van der Waals surface area contributed by atoms with Crippen molar-refractivity contribution < 1.29 is 5.11 Å². The van der Waals surface area contributed by atoms with E-state index >= 15 is 0 Å². The summed E-state index contributed by atoms with van der Waals surface area (Å²) < 4.78 is 0. The average Bonchev–Trinajstić information content (AvgIpc) is 2.30. The predicted molar refractivity (Wildman–Crippen MR) is 68.6 cm³/mol. The van der Waals surface area contributed by atoms with E-state index in [1.165, 1.54) is 32.5 Å². The maximum absolute atomic E-state index is 9.86. The standard InChI is InChI=1S/C13H28N2O/c1-4-13(3,16)11-14-10-12-6-8-15(5-2)9-7-12/h12,14,16H,4-11H2,1-3H3. The molecule has 0 aromatic carbocycles. The van der Waals surface area contributed by atoms with Crippen molar-refractivity contribution in [1.82, 2.24) is 10.2 Å². The summed E-state index contributed by atoms with van der Waals surface area (Å²) in [6.07, 6.45) is 3.42. The lowest BCUT2D eigenvalue weighted by molar-refractivity contribution is 0.0538. The zero-order valence-corrected chi connectivity index (χ0v) is 11.1. The second-order valence-corrected chi connectivity index (χ2v) is 5.36. The lowest BCUT2D eigenvalue weighted by atomic mass is 9.96. The molecular weight excluding hydrogens is 200 g/mol. The number of likely N-dealkylation sites (tertiary alicyclic amines) is 1. The Bertz CT molecular complexity index is 186. The molecule has 0 saturated carbocycles. The second kappa shape index (κ2) is 6.58. The maximum atomic E-state index is 9.86. The van der Waals surface area contributed by atoms with Gasteiger partial charge < -0.3 is 15.3 Å². The lowest BCUT2D eigenvalue weighted by Crippen LogP contribution is -2.41. The summed E-state index contributed by atoms with van der Waals surface area (Å²) in [6, 6.07) is 0. The van der Waals surface area contributed by atoms with Gasteiger partial charge in [0.05, 0.1) is 5.60 Å². The summed E-state index contributed by atoms with van der Waals surface area (Å²) in [7, 11) is 0. The molecule has 0 aromatic rings. The molecule has 1 saturated heterocycles. The normalized spacial score (nSPS) is 23.2. The number of hydrogen-bond donors (Lipinski definition) is 2. The van der Waals surface area contributed by atoms with Crippen molar-refractivity contribution in [1.29, 1.82) is 0 Å². The van der Waals surface area contributed by atoms with Crippen LogP contribution in [0.4, 0.5) is 0 Å². The molecule has 0 aromatic heterocycles. The molecule has 16 heavy (non-hydrogen) atoms. The van der Waals surface area contributed by atoms with E-state index in [1.807, 2.05) is 13.8 Å². The molecule has 1 heterocycles. The molecule has 2 N–H and O–H groups in total. The van der Waals surface area contributed by atoms with Gasteiger partial charge in [0.15, 0.2) is 0 Å². The fourth-order valence-corrected chi connectivity index (χ4v) is 2.18. The maximum Gasteiger partial charge on any atom is 0.0740 e. The fourth-order valence-electron chi connectivity index (χ4n) is 2.18. The van der Waals surface area contributed by atoms with E-state index in [2.05, 4.69) is 17.1 Å². The first-order chi connectivity index (χ1) is 7.57. The fraction of sp³-hybridized carbons (Fsp3) is 1.00. The molecule has 3 nitrogen and oxygen atoms in total. The molecule has 1 aliphatic heterocycles. The molecule has 0 bridgehead atoms. The number of nitrogens with one attached hydrogen (secondary N) is 1. The Morgan fingerprint density at radius 2 is 1.94 bits per heavy atom. The molecular formula is C13H28N2O. The van der Waals surface area contributed by atoms with E-state index in [9.17, 15) is 5.11 Å². The SMILES string of the molecule is CCN1CCC(CNCC(C)(O)CC)CC1. The summed E-state index contributed by atoms with van der Waals surface area (Å²) in [6.45, 7) is 11.6. The number of hydrogen-bond acceptors (Lipinski definition) is 3. The molecule has 0 amide bonds. The topological polar surface area (TPSA) is 35.5 Å². The molecule has 1 rings (SSSR count). The van der Waals surface area contributed by atoms with Gasteiger partial charge in [0.2, 0.25) is 0 Å². The summed E-state index contributed by atoms with van der Waals surface area (Å²) in [5, 5.41) is 13.3. The Hall–Kier alpha value is -0.120. The van der Waals surface area contributed by atoms with Crippen LogP contribution >= 0.6 is 0 Å². The van der Waals surface area contributed by atoms with Gasteiger partial charge in [-0.25, -0.2) is 0 Å². The Morgan fingerprint density at radius 1 is 1.31 bits per heavy atom. The van der Waals surface area contributed by atoms with Gasteiger partial charge in [-0.3, -0.25) is 0 Å². The predicted octanol–water partition coefficient (Wildman–Crippen LogP) is 1.47. The number of nitrogens with zero attached hydrogens (tertiary/aromatic N) is 1. The summed E-state index contributed by atoms with van der Waals surface area (Å²) in [5.74, 6) is 0.801. The highest BCUT2D eigenvalue weighted by Crippen LogP contribution is 2.16. The van der Waals surface area contributed by atoms with Crippen molar-refractivity contribution in [3.63, 3.8) is 0 Å². The van der Waals surface area contributed by atoms with Crippen LogP contribution in [-0.2, 0) is 0 Å². The molecule has 0 aliphatic carbocycles. The van der Waals surface area contributed by atoms with Gasteiger partial charge in [0.1, 0.15) is 0 Å². The molecule has 0 radical (unpaired) electrons. The van der Waals surface area contributed by atoms with Crippen molar-refractivity contribution in [2.45, 2.75) is 45.6 Å². The van der Waals surface area contributed by atoms with E-state index in [0.29, 0.717) is 0 Å². The first kappa shape index (κ1) is 13.9. The van der Waals surface area contributed by atoms with Crippen LogP contribution in [0.25, 0.3) is 0 Å². The molecule has 0 spiro atoms. The van der Waals surface area contributed by atoms with E-state index in [0.717, 1.165) is 25.4 Å². The highest BCUT2D eigenvalue weighted by molar-refractivity contribution is 4.77. The third kappa shape index (κ3) is 4.81. The Balaban J connectivity index is 2.11. The molecule has 1 fully saturated rings. The van der Waals surface area contributed by atoms with Crippen LogP contribution < -0.4 is 5.32 Å². The van der Waals surface area contributed by atoms with Crippen LogP contribution in [0.2, 0.25) is 0 Å². The number of piperidine rings is 1. The molecule has 3 heteroatoms. The lowest BCUT2D eigenvalue weighted by Gasteiger charge is -2.32. The van der Waals surface area contributed by atoms with Gasteiger partial charge in [-0.1, -0.05) is 13.8 Å². The van der Waals surface area contributed by atoms with Crippen LogP contribution in [0.1, 0.15) is 40.0 Å². The van der Waals surface area contributed by atoms with Crippen molar-refractivity contribution in [3.05, 3.63) is 0 Å². The largest absolute Gasteiger partial charge is 0.389 e. The smallest absolute Gasteiger partial charge is 0.0740 e. The van der Waals surface area contributed by atoms with Crippen molar-refractivity contribution in [2.75, 3.05) is 32.7 Å². The number of rotatable bonds is 6. The van der Waals surface area contributed by atoms with Gasteiger partial charge in [-0.05, 0) is 58.3 Å². The molecule has 96 valence electrons. The van der Waals surface area contributed by atoms with E-state index in [1.54, 1.807) is 0 Å². The van der Waals surface area contributed by atoms with Crippen LogP contribution in [0, 0.1) is 5.92 Å². The second-order valence-electron chi connectivity index (χ2n) is 5.36. The minimum atomic E-state index is -0.538. The third-order valence-corrected chi connectivity index (χ3v) is 3.85. The van der Waals surface area contributed by atoms with Gasteiger partial charge in [0.25, 0.3) is 0 Å². The van der Waals surface area contributed by atoms with Crippen LogP contribution in [0.15, 0.2) is 0 Å². The zero-order chi connectivity index (χ0) is 12.0. The van der Waals surface area contributed by atoms with E-state index < -0.39 is 5.60 Å². The monoisotopic (exact) mass is 228 g/mol. The van der Waals surface area contributed by atoms with Crippen LogP contribution in [-0.4, -0.2) is 48.3 Å². The van der Waals surface area contributed by atoms with Crippen molar-refractivity contribution >= 4 is 0 Å². The first-order valence-corrected chi connectivity index (χ1v) is 6.73. The van der Waals surface area contributed by atoms with Gasteiger partial charge in [-0.15, -0.1) is 0 Å². The number of aliphatic hydroxyl groups is 1. The Morgan fingerprint density at radius 3 is 2.44 bits per heavy atom. The summed E-state index contributed by atoms with van der Waals surface area (Å²) in [5.41, 5.74) is -0.538. The Labute approximate surface area is 100 Å². The van der Waals surface area contributed by atoms with Gasteiger partial charge >= 0.3 is 0 Å². The summed E-state index contributed by atoms with van der Waals surface area (Å²) in [4.78, 5) is 2.51. The zero-order valence-electron chi connectivity index (χ0n) is 11.1. The average molecular weight is 228 g/mol. The van der Waals surface area contributed by atoms with E-state index in [4.69, 9.17) is 0 Å². The molecule has 1 aliphatic rings. The van der Waals surface area contributed by atoms with E-state index in [-0.39, 0.29) is 0 Å². The molecule has 1 unspecified atom stereocenters.